The zero-order valence-electron chi connectivity index (χ0n) is 22.6. The molecule has 0 atom stereocenters. The number of carbonyl (C=O) groups is 2. The Hall–Kier alpha value is -4.84. The zero-order chi connectivity index (χ0) is 28.8. The number of fused-ring (bicyclic) bond motifs is 2. The first kappa shape index (κ1) is 26.1. The lowest BCUT2D eigenvalue weighted by Gasteiger charge is -2.20. The van der Waals surface area contributed by atoms with Crippen molar-refractivity contribution in [1.82, 2.24) is 35.1 Å². The third-order valence-electron chi connectivity index (χ3n) is 7.66. The van der Waals surface area contributed by atoms with Gasteiger partial charge in [0.2, 0.25) is 5.91 Å². The van der Waals surface area contributed by atoms with Crippen LogP contribution in [0, 0.1) is 11.7 Å². The van der Waals surface area contributed by atoms with Gasteiger partial charge in [-0.15, -0.1) is 11.3 Å². The maximum atomic E-state index is 16.2. The van der Waals surface area contributed by atoms with Crippen LogP contribution in [0.3, 0.4) is 0 Å². The van der Waals surface area contributed by atoms with E-state index in [1.807, 2.05) is 12.1 Å². The number of aromatic nitrogens is 7. The standard InChI is InChI=1S/C30H25FN8O2S/c1-15(40)21-7-8-22(42-21)19-9-10-33-28-25(19)36-29(37-28)26-23-24(31)20(14-34-27(23)39-38-26)17-11-18(13-32-12-17)35-30(41)16-5-3-2-4-6-16/h7-14,16H,2-6H2,1H3,(H,35,41)(H,33,36,37)(H,34,38,39). The van der Waals surface area contributed by atoms with Crippen LogP contribution in [0.2, 0.25) is 0 Å². The number of halogens is 1. The van der Waals surface area contributed by atoms with Crippen molar-refractivity contribution >= 4 is 50.9 Å². The Morgan fingerprint density at radius 3 is 2.69 bits per heavy atom. The van der Waals surface area contributed by atoms with Gasteiger partial charge in [0, 0.05) is 46.1 Å². The molecule has 0 aromatic carbocycles. The number of Topliss-reactive ketones (excluding diaryl/α,β-unsaturated/α-hetero) is 1. The Balaban J connectivity index is 1.25. The quantitative estimate of drug-likeness (QED) is 0.190. The van der Waals surface area contributed by atoms with Crippen LogP contribution < -0.4 is 5.32 Å². The predicted molar refractivity (Wildman–Crippen MR) is 158 cm³/mol. The minimum atomic E-state index is -0.542. The number of thiophene rings is 1. The number of hydrogen-bond donors (Lipinski definition) is 3. The largest absolute Gasteiger partial charge is 0.335 e. The highest BCUT2D eigenvalue weighted by Gasteiger charge is 2.23. The van der Waals surface area contributed by atoms with Crippen LogP contribution in [-0.4, -0.2) is 46.8 Å². The Morgan fingerprint density at radius 2 is 1.88 bits per heavy atom. The molecular weight excluding hydrogens is 555 g/mol. The van der Waals surface area contributed by atoms with Crippen LogP contribution in [0.1, 0.15) is 48.7 Å². The Morgan fingerprint density at radius 1 is 1.02 bits per heavy atom. The van der Waals surface area contributed by atoms with E-state index in [1.165, 1.54) is 30.7 Å². The van der Waals surface area contributed by atoms with Crippen LogP contribution in [0.4, 0.5) is 10.1 Å². The number of aromatic amines is 2. The van der Waals surface area contributed by atoms with Gasteiger partial charge >= 0.3 is 0 Å². The molecule has 1 aliphatic rings. The average molecular weight is 581 g/mol. The van der Waals surface area contributed by atoms with E-state index in [2.05, 4.69) is 40.4 Å². The molecule has 0 saturated heterocycles. The van der Waals surface area contributed by atoms with Crippen molar-refractivity contribution < 1.29 is 14.0 Å². The highest BCUT2D eigenvalue weighted by atomic mass is 32.1. The number of amides is 1. The summed E-state index contributed by atoms with van der Waals surface area (Å²) in [5, 5.41) is 10.2. The summed E-state index contributed by atoms with van der Waals surface area (Å²) in [6, 6.07) is 7.23. The minimum absolute atomic E-state index is 0.00287. The molecule has 6 aromatic rings. The smallest absolute Gasteiger partial charge is 0.227 e. The number of pyridine rings is 3. The second-order valence-electron chi connectivity index (χ2n) is 10.4. The van der Waals surface area contributed by atoms with Gasteiger partial charge in [-0.05, 0) is 44.0 Å². The van der Waals surface area contributed by atoms with Crippen LogP contribution in [0.15, 0.2) is 49.1 Å². The van der Waals surface area contributed by atoms with Crippen LogP contribution in [-0.2, 0) is 4.79 Å². The van der Waals surface area contributed by atoms with Gasteiger partial charge in [-0.1, -0.05) is 19.3 Å². The molecule has 0 spiro atoms. The van der Waals surface area contributed by atoms with Crippen molar-refractivity contribution in [3.63, 3.8) is 0 Å². The maximum Gasteiger partial charge on any atom is 0.227 e. The molecule has 0 bridgehead atoms. The number of H-pyrrole nitrogens is 2. The monoisotopic (exact) mass is 580 g/mol. The number of ketones is 1. The van der Waals surface area contributed by atoms with Gasteiger partial charge in [0.25, 0.3) is 0 Å². The molecule has 1 aliphatic carbocycles. The molecule has 0 radical (unpaired) electrons. The minimum Gasteiger partial charge on any atom is -0.335 e. The third kappa shape index (κ3) is 4.63. The number of nitrogens with zero attached hydrogens (tertiary/aromatic N) is 5. The zero-order valence-corrected chi connectivity index (χ0v) is 23.4. The van der Waals surface area contributed by atoms with Gasteiger partial charge < -0.3 is 10.3 Å². The number of imidazole rings is 1. The van der Waals surface area contributed by atoms with Gasteiger partial charge in [0.15, 0.2) is 22.9 Å². The Bertz CT molecular complexity index is 1990. The number of anilines is 1. The van der Waals surface area contributed by atoms with E-state index >= 15 is 4.39 Å². The van der Waals surface area contributed by atoms with E-state index in [-0.39, 0.29) is 34.2 Å². The molecule has 6 aromatic heterocycles. The first-order chi connectivity index (χ1) is 20.5. The fourth-order valence-corrected chi connectivity index (χ4v) is 6.43. The first-order valence-corrected chi connectivity index (χ1v) is 14.5. The summed E-state index contributed by atoms with van der Waals surface area (Å²) in [6.45, 7) is 1.53. The van der Waals surface area contributed by atoms with E-state index in [0.717, 1.165) is 42.5 Å². The summed E-state index contributed by atoms with van der Waals surface area (Å²) in [7, 11) is 0. The number of nitrogens with one attached hydrogen (secondary N) is 3. The molecule has 210 valence electrons. The number of rotatable bonds is 6. The van der Waals surface area contributed by atoms with Crippen molar-refractivity contribution in [2.45, 2.75) is 39.0 Å². The summed E-state index contributed by atoms with van der Waals surface area (Å²) < 4.78 is 16.2. The van der Waals surface area contributed by atoms with Crippen molar-refractivity contribution in [2.24, 2.45) is 5.92 Å². The lowest BCUT2D eigenvalue weighted by Crippen LogP contribution is -2.24. The lowest BCUT2D eigenvalue weighted by molar-refractivity contribution is -0.120. The van der Waals surface area contributed by atoms with E-state index < -0.39 is 5.82 Å². The highest BCUT2D eigenvalue weighted by molar-refractivity contribution is 7.17. The molecule has 1 saturated carbocycles. The molecule has 1 amide bonds. The van der Waals surface area contributed by atoms with Crippen LogP contribution in [0.25, 0.3) is 55.3 Å². The van der Waals surface area contributed by atoms with Gasteiger partial charge in [-0.25, -0.2) is 19.3 Å². The molecule has 42 heavy (non-hydrogen) atoms. The van der Waals surface area contributed by atoms with Gasteiger partial charge in [-0.3, -0.25) is 19.7 Å². The summed E-state index contributed by atoms with van der Waals surface area (Å²) in [5.41, 5.74) is 3.65. The molecule has 0 unspecified atom stereocenters. The van der Waals surface area contributed by atoms with E-state index in [1.54, 1.807) is 24.5 Å². The van der Waals surface area contributed by atoms with E-state index in [4.69, 9.17) is 0 Å². The molecule has 0 aliphatic heterocycles. The average Bonchev–Trinajstić information content (AvgIpc) is 3.76. The van der Waals surface area contributed by atoms with Crippen molar-refractivity contribution in [1.29, 1.82) is 0 Å². The molecule has 1 fully saturated rings. The van der Waals surface area contributed by atoms with Gasteiger partial charge in [0.05, 0.1) is 27.7 Å². The lowest BCUT2D eigenvalue weighted by atomic mass is 9.88. The maximum absolute atomic E-state index is 16.2. The fourth-order valence-electron chi connectivity index (χ4n) is 5.49. The fraction of sp³-hybridized carbons (Fsp3) is 0.233. The summed E-state index contributed by atoms with van der Waals surface area (Å²) in [4.78, 5) is 47.0. The normalized spacial score (nSPS) is 14.0. The third-order valence-corrected chi connectivity index (χ3v) is 8.88. The number of hydrogen-bond acceptors (Lipinski definition) is 8. The molecule has 7 rings (SSSR count). The molecule has 12 heteroatoms. The molecular formula is C30H25FN8O2S. The van der Waals surface area contributed by atoms with E-state index in [0.29, 0.717) is 38.8 Å². The van der Waals surface area contributed by atoms with Gasteiger partial charge in [-0.2, -0.15) is 5.10 Å². The molecule has 10 nitrogen and oxygen atoms in total. The summed E-state index contributed by atoms with van der Waals surface area (Å²) >= 11 is 1.39. The summed E-state index contributed by atoms with van der Waals surface area (Å²) in [6.07, 6.45) is 11.2. The molecule has 6 heterocycles. The first-order valence-electron chi connectivity index (χ1n) is 13.7. The second-order valence-corrected chi connectivity index (χ2v) is 11.5. The second kappa shape index (κ2) is 10.5. The Labute approximate surface area is 242 Å². The number of carbonyl (C=O) groups excluding carboxylic acids is 2. The van der Waals surface area contributed by atoms with Crippen molar-refractivity contribution in [3.05, 3.63) is 59.7 Å². The summed E-state index contributed by atoms with van der Waals surface area (Å²) in [5.74, 6) is -0.241. The topological polar surface area (TPSA) is 142 Å². The van der Waals surface area contributed by atoms with Crippen molar-refractivity contribution in [3.8, 4) is 33.1 Å². The van der Waals surface area contributed by atoms with Crippen LogP contribution >= 0.6 is 11.3 Å². The van der Waals surface area contributed by atoms with Gasteiger partial charge in [0.1, 0.15) is 11.5 Å². The predicted octanol–water partition coefficient (Wildman–Crippen LogP) is 6.55. The van der Waals surface area contributed by atoms with Crippen LogP contribution in [0.5, 0.6) is 0 Å². The van der Waals surface area contributed by atoms with Crippen molar-refractivity contribution in [2.75, 3.05) is 5.32 Å². The molecule has 3 N–H and O–H groups in total. The Kier molecular flexibility index (Phi) is 6.54. The highest BCUT2D eigenvalue weighted by Crippen LogP contribution is 2.36. The van der Waals surface area contributed by atoms with E-state index in [9.17, 15) is 9.59 Å². The SMILES string of the molecule is CC(=O)c1ccc(-c2ccnc3nc(-c4[nH]nc5ncc(-c6cncc(NC(=O)C7CCCCC7)c6)c(F)c45)[nH]c23)s1.